The van der Waals surface area contributed by atoms with Gasteiger partial charge in [-0.05, 0) is 64.9 Å². The second kappa shape index (κ2) is 7.55. The van der Waals surface area contributed by atoms with Crippen molar-refractivity contribution < 1.29 is 4.79 Å². The highest BCUT2D eigenvalue weighted by Gasteiger charge is 2.51. The molecule has 1 saturated carbocycles. The van der Waals surface area contributed by atoms with Crippen LogP contribution < -0.4 is 10.6 Å². The standard InChI is InChI=1S/C21H29BrN4O/c1-21(2)15-4-3-14(19(21)9-15)13-26-7-5-17(6-8-26)24-20(27)25-18-10-16(22)11-23-12-18/h3,10-12,15,17,19H,4-9,13H2,1-2H3,(H2,24,25,27)/t15-,19-/m0/s1. The number of hydrogen-bond donors (Lipinski definition) is 2. The number of likely N-dealkylation sites (tertiary alicyclic amines) is 1. The highest BCUT2D eigenvalue weighted by molar-refractivity contribution is 9.10. The first kappa shape index (κ1) is 18.9. The molecule has 1 aromatic rings. The van der Waals surface area contributed by atoms with Gasteiger partial charge in [0.05, 0.1) is 11.9 Å². The number of carbonyl (C=O) groups is 1. The third-order valence-electron chi connectivity index (χ3n) is 6.87. The number of urea groups is 1. The zero-order valence-corrected chi connectivity index (χ0v) is 17.8. The fourth-order valence-corrected chi connectivity index (χ4v) is 5.35. The number of rotatable bonds is 4. The summed E-state index contributed by atoms with van der Waals surface area (Å²) in [6, 6.07) is 1.94. The number of amides is 2. The van der Waals surface area contributed by atoms with Crippen LogP contribution in [0.5, 0.6) is 0 Å². The van der Waals surface area contributed by atoms with Crippen LogP contribution >= 0.6 is 15.9 Å². The highest BCUT2D eigenvalue weighted by Crippen LogP contribution is 2.59. The average molecular weight is 433 g/mol. The van der Waals surface area contributed by atoms with E-state index >= 15 is 0 Å². The Morgan fingerprint density at radius 1 is 1.33 bits per heavy atom. The molecule has 2 atom stereocenters. The number of nitrogens with zero attached hydrogens (tertiary/aromatic N) is 2. The Labute approximate surface area is 170 Å². The third kappa shape index (κ3) is 4.06. The van der Waals surface area contributed by atoms with Crippen LogP contribution in [0.2, 0.25) is 0 Å². The van der Waals surface area contributed by atoms with Gasteiger partial charge in [-0.3, -0.25) is 9.88 Å². The first-order chi connectivity index (χ1) is 12.9. The lowest BCUT2D eigenvalue weighted by Crippen LogP contribution is -2.51. The second-order valence-corrected chi connectivity index (χ2v) is 9.78. The van der Waals surface area contributed by atoms with Crippen molar-refractivity contribution >= 4 is 27.6 Å². The molecule has 1 saturated heterocycles. The second-order valence-electron chi connectivity index (χ2n) is 8.86. The smallest absolute Gasteiger partial charge is 0.319 e. The zero-order valence-electron chi connectivity index (χ0n) is 16.2. The van der Waals surface area contributed by atoms with Crippen LogP contribution in [0.3, 0.4) is 0 Å². The number of carbonyl (C=O) groups excluding carboxylic acids is 1. The molecule has 0 radical (unpaired) electrons. The van der Waals surface area contributed by atoms with Crippen LogP contribution in [0.25, 0.3) is 0 Å². The Hall–Kier alpha value is -1.40. The number of hydrogen-bond acceptors (Lipinski definition) is 3. The normalized spacial score (nSPS) is 27.4. The SMILES string of the molecule is CC1(C)[C@H]2CC=C(CN3CCC(NC(=O)Nc4cncc(Br)c4)CC3)[C@@H]1C2. The molecule has 0 spiro atoms. The monoisotopic (exact) mass is 432 g/mol. The minimum Gasteiger partial charge on any atom is -0.335 e. The van der Waals surface area contributed by atoms with Crippen molar-refractivity contribution in [1.82, 2.24) is 15.2 Å². The maximum Gasteiger partial charge on any atom is 0.319 e. The van der Waals surface area contributed by atoms with Crippen molar-refractivity contribution in [2.24, 2.45) is 17.3 Å². The van der Waals surface area contributed by atoms with Crippen LogP contribution in [-0.4, -0.2) is 41.6 Å². The molecule has 0 unspecified atom stereocenters. The number of nitrogens with one attached hydrogen (secondary N) is 2. The van der Waals surface area contributed by atoms with Gasteiger partial charge in [0.2, 0.25) is 0 Å². The molecule has 4 aliphatic rings. The van der Waals surface area contributed by atoms with Crippen molar-refractivity contribution in [1.29, 1.82) is 0 Å². The van der Waals surface area contributed by atoms with Gasteiger partial charge in [0.1, 0.15) is 0 Å². The van der Waals surface area contributed by atoms with Crippen LogP contribution in [0.4, 0.5) is 10.5 Å². The number of allylic oxidation sites excluding steroid dienone is 1. The summed E-state index contributed by atoms with van der Waals surface area (Å²) in [5.74, 6) is 1.69. The van der Waals surface area contributed by atoms with Gasteiger partial charge in [-0.1, -0.05) is 25.5 Å². The van der Waals surface area contributed by atoms with E-state index in [4.69, 9.17) is 0 Å². The van der Waals surface area contributed by atoms with Gasteiger partial charge in [-0.2, -0.15) is 0 Å². The van der Waals surface area contributed by atoms with E-state index in [9.17, 15) is 4.79 Å². The predicted molar refractivity (Wildman–Crippen MR) is 112 cm³/mol. The molecular formula is C21H29BrN4O. The Bertz CT molecular complexity index is 739. The third-order valence-corrected chi connectivity index (χ3v) is 7.31. The summed E-state index contributed by atoms with van der Waals surface area (Å²) >= 11 is 3.37. The quantitative estimate of drug-likeness (QED) is 0.692. The molecule has 2 N–H and O–H groups in total. The van der Waals surface area contributed by atoms with Gasteiger partial charge in [0.25, 0.3) is 0 Å². The molecule has 3 aliphatic carbocycles. The maximum atomic E-state index is 12.2. The number of halogens is 1. The van der Waals surface area contributed by atoms with Gasteiger partial charge < -0.3 is 10.6 Å². The summed E-state index contributed by atoms with van der Waals surface area (Å²) in [6.45, 7) is 8.10. The van der Waals surface area contributed by atoms with Gasteiger partial charge >= 0.3 is 6.03 Å². The largest absolute Gasteiger partial charge is 0.335 e. The fourth-order valence-electron chi connectivity index (χ4n) is 4.98. The minimum atomic E-state index is -0.148. The molecular weight excluding hydrogens is 404 g/mol. The molecule has 27 heavy (non-hydrogen) atoms. The Morgan fingerprint density at radius 2 is 2.11 bits per heavy atom. The van der Waals surface area contributed by atoms with E-state index in [0.717, 1.165) is 48.8 Å². The molecule has 1 aliphatic heterocycles. The summed E-state index contributed by atoms with van der Waals surface area (Å²) in [6.07, 6.45) is 10.5. The van der Waals surface area contributed by atoms with Crippen molar-refractivity contribution in [2.45, 2.75) is 45.6 Å². The first-order valence-electron chi connectivity index (χ1n) is 10.0. The number of aromatic nitrogens is 1. The van der Waals surface area contributed by atoms with E-state index in [1.165, 1.54) is 12.8 Å². The van der Waals surface area contributed by atoms with Crippen molar-refractivity contribution in [3.63, 3.8) is 0 Å². The van der Waals surface area contributed by atoms with Gasteiger partial charge in [0.15, 0.2) is 0 Å². The number of fused-ring (bicyclic) bond motifs is 1. The lowest BCUT2D eigenvalue weighted by molar-refractivity contribution is -0.0113. The van der Waals surface area contributed by atoms with Crippen LogP contribution in [0.1, 0.15) is 39.5 Å². The highest BCUT2D eigenvalue weighted by atomic mass is 79.9. The minimum absolute atomic E-state index is 0.148. The van der Waals surface area contributed by atoms with E-state index in [1.807, 2.05) is 6.07 Å². The maximum absolute atomic E-state index is 12.2. The van der Waals surface area contributed by atoms with Crippen LogP contribution in [0, 0.1) is 17.3 Å². The molecule has 6 heteroatoms. The van der Waals surface area contributed by atoms with E-state index in [1.54, 1.807) is 18.0 Å². The molecule has 146 valence electrons. The summed E-state index contributed by atoms with van der Waals surface area (Å²) in [4.78, 5) is 18.9. The number of pyridine rings is 1. The van der Waals surface area contributed by atoms with Crippen molar-refractivity contribution in [2.75, 3.05) is 25.0 Å². The molecule has 2 heterocycles. The Morgan fingerprint density at radius 3 is 2.78 bits per heavy atom. The summed E-state index contributed by atoms with van der Waals surface area (Å²) in [5, 5.41) is 5.97. The van der Waals surface area contributed by atoms with Gasteiger partial charge in [-0.25, -0.2) is 4.79 Å². The van der Waals surface area contributed by atoms with Crippen molar-refractivity contribution in [3.05, 3.63) is 34.6 Å². The predicted octanol–water partition coefficient (Wildman–Crippen LogP) is 4.42. The average Bonchev–Trinajstić information content (AvgIpc) is 2.63. The summed E-state index contributed by atoms with van der Waals surface area (Å²) in [5.41, 5.74) is 2.86. The molecule has 5 rings (SSSR count). The summed E-state index contributed by atoms with van der Waals surface area (Å²) < 4.78 is 0.853. The zero-order chi connectivity index (χ0) is 19.0. The molecule has 2 amide bonds. The number of piperidine rings is 1. The Balaban J connectivity index is 1.22. The molecule has 2 fully saturated rings. The lowest BCUT2D eigenvalue weighted by Gasteiger charge is -2.57. The van der Waals surface area contributed by atoms with E-state index in [-0.39, 0.29) is 12.1 Å². The fraction of sp³-hybridized carbons (Fsp3) is 0.619. The molecule has 5 nitrogen and oxygen atoms in total. The topological polar surface area (TPSA) is 57.3 Å². The molecule has 1 aromatic heterocycles. The van der Waals surface area contributed by atoms with Crippen molar-refractivity contribution in [3.8, 4) is 0 Å². The lowest BCUT2D eigenvalue weighted by atomic mass is 9.49. The van der Waals surface area contributed by atoms with Gasteiger partial charge in [-0.15, -0.1) is 0 Å². The Kier molecular flexibility index (Phi) is 5.30. The molecule has 0 aromatic carbocycles. The van der Waals surface area contributed by atoms with E-state index in [2.05, 4.69) is 56.4 Å². The van der Waals surface area contributed by atoms with Crippen LogP contribution in [0.15, 0.2) is 34.6 Å². The van der Waals surface area contributed by atoms with E-state index < -0.39 is 0 Å². The number of anilines is 1. The van der Waals surface area contributed by atoms with E-state index in [0.29, 0.717) is 11.1 Å². The molecule has 2 bridgehead atoms. The van der Waals surface area contributed by atoms with Crippen LogP contribution in [-0.2, 0) is 0 Å². The first-order valence-corrected chi connectivity index (χ1v) is 10.8. The van der Waals surface area contributed by atoms with Gasteiger partial charge in [0, 0.05) is 36.3 Å². The summed E-state index contributed by atoms with van der Waals surface area (Å²) in [7, 11) is 0.